The van der Waals surface area contributed by atoms with Gasteiger partial charge in [-0.25, -0.2) is 8.42 Å². The van der Waals surface area contributed by atoms with E-state index in [4.69, 9.17) is 0 Å². The number of hydrogen-bond donors (Lipinski definition) is 0. The van der Waals surface area contributed by atoms with Crippen LogP contribution in [0.15, 0.2) is 10.3 Å². The standard InChI is InChI=1S/C13H19N3O4S2/c1-14-9-3-4-10(14)8-15(6-5-9)13-11(16(17)18)7-12(21-13)22(2,19)20/h7,9-10H,3-6,8H2,1-2H3. The van der Waals surface area contributed by atoms with Crippen LogP contribution in [0.2, 0.25) is 0 Å². The van der Waals surface area contributed by atoms with Crippen LogP contribution in [-0.4, -0.2) is 56.7 Å². The second kappa shape index (κ2) is 5.47. The second-order valence-corrected chi connectivity index (χ2v) is 9.34. The van der Waals surface area contributed by atoms with Gasteiger partial charge < -0.3 is 4.90 Å². The van der Waals surface area contributed by atoms with Crippen LogP contribution in [0.4, 0.5) is 10.7 Å². The quantitative estimate of drug-likeness (QED) is 0.613. The molecule has 0 aromatic carbocycles. The van der Waals surface area contributed by atoms with Gasteiger partial charge in [-0.15, -0.1) is 0 Å². The molecule has 2 unspecified atom stereocenters. The maximum atomic E-state index is 11.7. The number of hydrogen-bond acceptors (Lipinski definition) is 7. The molecule has 0 spiro atoms. The summed E-state index contributed by atoms with van der Waals surface area (Å²) in [5.41, 5.74) is -0.0918. The van der Waals surface area contributed by atoms with Gasteiger partial charge in [-0.3, -0.25) is 15.0 Å². The van der Waals surface area contributed by atoms with E-state index < -0.39 is 14.8 Å². The highest BCUT2D eigenvalue weighted by Gasteiger charge is 2.37. The third-order valence-electron chi connectivity index (χ3n) is 4.67. The van der Waals surface area contributed by atoms with Crippen LogP contribution < -0.4 is 4.90 Å². The molecule has 2 aliphatic heterocycles. The van der Waals surface area contributed by atoms with Crippen molar-refractivity contribution in [2.24, 2.45) is 0 Å². The van der Waals surface area contributed by atoms with Crippen LogP contribution in [-0.2, 0) is 9.84 Å². The van der Waals surface area contributed by atoms with E-state index >= 15 is 0 Å². The van der Waals surface area contributed by atoms with Crippen molar-refractivity contribution >= 4 is 31.9 Å². The van der Waals surface area contributed by atoms with Crippen molar-refractivity contribution in [2.45, 2.75) is 35.6 Å². The number of fused-ring (bicyclic) bond motifs is 2. The molecule has 1 aromatic rings. The van der Waals surface area contributed by atoms with Gasteiger partial charge in [0.1, 0.15) is 4.21 Å². The first-order valence-electron chi connectivity index (χ1n) is 7.22. The third kappa shape index (κ3) is 2.72. The van der Waals surface area contributed by atoms with E-state index in [1.807, 2.05) is 4.90 Å². The third-order valence-corrected chi connectivity index (χ3v) is 7.66. The van der Waals surface area contributed by atoms with E-state index in [-0.39, 0.29) is 9.90 Å². The van der Waals surface area contributed by atoms with Gasteiger partial charge in [-0.1, -0.05) is 11.3 Å². The molecule has 0 saturated carbocycles. The normalized spacial score (nSPS) is 26.2. The summed E-state index contributed by atoms with van der Waals surface area (Å²) in [6.07, 6.45) is 4.31. The van der Waals surface area contributed by atoms with Gasteiger partial charge in [0, 0.05) is 37.5 Å². The Balaban J connectivity index is 1.97. The smallest absolute Gasteiger partial charge is 0.305 e. The van der Waals surface area contributed by atoms with E-state index in [2.05, 4.69) is 11.9 Å². The van der Waals surface area contributed by atoms with Gasteiger partial charge in [0.25, 0.3) is 0 Å². The number of nitrogens with zero attached hydrogens (tertiary/aromatic N) is 3. The van der Waals surface area contributed by atoms with Crippen LogP contribution in [0.5, 0.6) is 0 Å². The first-order chi connectivity index (χ1) is 10.3. The van der Waals surface area contributed by atoms with E-state index in [1.165, 1.54) is 12.5 Å². The molecule has 0 radical (unpaired) electrons. The fraction of sp³-hybridized carbons (Fsp3) is 0.692. The van der Waals surface area contributed by atoms with Gasteiger partial charge >= 0.3 is 5.69 Å². The highest BCUT2D eigenvalue weighted by Crippen LogP contribution is 2.42. The highest BCUT2D eigenvalue weighted by atomic mass is 32.2. The molecule has 0 amide bonds. The highest BCUT2D eigenvalue weighted by molar-refractivity contribution is 7.92. The predicted molar refractivity (Wildman–Crippen MR) is 85.5 cm³/mol. The first-order valence-corrected chi connectivity index (χ1v) is 9.93. The van der Waals surface area contributed by atoms with E-state index in [0.717, 1.165) is 43.5 Å². The Morgan fingerprint density at radius 3 is 2.64 bits per heavy atom. The molecule has 3 rings (SSSR count). The van der Waals surface area contributed by atoms with Crippen LogP contribution >= 0.6 is 11.3 Å². The number of thiophene rings is 1. The van der Waals surface area contributed by atoms with Crippen molar-refractivity contribution in [3.05, 3.63) is 16.2 Å². The lowest BCUT2D eigenvalue weighted by atomic mass is 10.1. The minimum Gasteiger partial charge on any atom is -0.356 e. The zero-order chi connectivity index (χ0) is 16.1. The fourth-order valence-corrected chi connectivity index (χ4v) is 5.45. The summed E-state index contributed by atoms with van der Waals surface area (Å²) in [6, 6.07) is 2.11. The summed E-state index contributed by atoms with van der Waals surface area (Å²) in [6.45, 7) is 1.45. The predicted octanol–water partition coefficient (Wildman–Crippen LogP) is 1.73. The Morgan fingerprint density at radius 1 is 1.32 bits per heavy atom. The van der Waals surface area contributed by atoms with Gasteiger partial charge in [0.2, 0.25) is 0 Å². The number of anilines is 1. The number of sulfone groups is 1. The summed E-state index contributed by atoms with van der Waals surface area (Å²) >= 11 is 1.02. The molecule has 2 aliphatic rings. The Hall–Kier alpha value is -1.19. The SMILES string of the molecule is CN1C2CCC1CN(c1sc(S(C)(=O)=O)cc1[N+](=O)[O-])CC2. The summed E-state index contributed by atoms with van der Waals surface area (Å²) in [5.74, 6) is 0. The topological polar surface area (TPSA) is 83.8 Å². The zero-order valence-corrected chi connectivity index (χ0v) is 14.2. The molecule has 0 aliphatic carbocycles. The Bertz CT molecular complexity index is 700. The molecule has 2 atom stereocenters. The molecule has 1 aromatic heterocycles. The molecule has 122 valence electrons. The minimum atomic E-state index is -3.43. The van der Waals surface area contributed by atoms with Gasteiger partial charge in [-0.2, -0.15) is 0 Å². The lowest BCUT2D eigenvalue weighted by Crippen LogP contribution is -2.36. The maximum Gasteiger partial charge on any atom is 0.305 e. The summed E-state index contributed by atoms with van der Waals surface area (Å²) in [5, 5.41) is 11.8. The second-order valence-electron chi connectivity index (χ2n) is 6.07. The van der Waals surface area contributed by atoms with Crippen molar-refractivity contribution in [1.29, 1.82) is 0 Å². The average molecular weight is 345 g/mol. The molecule has 22 heavy (non-hydrogen) atoms. The lowest BCUT2D eigenvalue weighted by molar-refractivity contribution is -0.383. The minimum absolute atomic E-state index is 0.0666. The van der Waals surface area contributed by atoms with Crippen molar-refractivity contribution in [3.8, 4) is 0 Å². The summed E-state index contributed by atoms with van der Waals surface area (Å²) in [7, 11) is -1.32. The molecule has 2 saturated heterocycles. The van der Waals surface area contributed by atoms with Crippen molar-refractivity contribution in [2.75, 3.05) is 31.3 Å². The molecule has 7 nitrogen and oxygen atoms in total. The molecule has 2 bridgehead atoms. The molecule has 0 N–H and O–H groups in total. The number of likely N-dealkylation sites (N-methyl/N-ethyl adjacent to an activating group) is 1. The Labute approximate surface area is 133 Å². The largest absolute Gasteiger partial charge is 0.356 e. The Kier molecular flexibility index (Phi) is 3.90. The maximum absolute atomic E-state index is 11.7. The average Bonchev–Trinajstić information content (AvgIpc) is 2.92. The van der Waals surface area contributed by atoms with Crippen molar-refractivity contribution in [1.82, 2.24) is 4.90 Å². The Morgan fingerprint density at radius 2 is 2.00 bits per heavy atom. The molecule has 2 fully saturated rings. The van der Waals surface area contributed by atoms with Gasteiger partial charge in [0.15, 0.2) is 14.8 Å². The molecule has 3 heterocycles. The summed E-state index contributed by atoms with van der Waals surface area (Å²) < 4.78 is 23.5. The number of nitro groups is 1. The van der Waals surface area contributed by atoms with Crippen molar-refractivity contribution < 1.29 is 13.3 Å². The lowest BCUT2D eigenvalue weighted by Gasteiger charge is -2.25. The van der Waals surface area contributed by atoms with E-state index in [9.17, 15) is 18.5 Å². The van der Waals surface area contributed by atoms with Crippen LogP contribution in [0.25, 0.3) is 0 Å². The molecule has 9 heteroatoms. The van der Waals surface area contributed by atoms with Crippen LogP contribution in [0.3, 0.4) is 0 Å². The van der Waals surface area contributed by atoms with Gasteiger partial charge in [-0.05, 0) is 26.3 Å². The first kappa shape index (κ1) is 15.7. The van der Waals surface area contributed by atoms with Gasteiger partial charge in [0.05, 0.1) is 4.92 Å². The van der Waals surface area contributed by atoms with Crippen molar-refractivity contribution in [3.63, 3.8) is 0 Å². The molecular weight excluding hydrogens is 326 g/mol. The number of rotatable bonds is 3. The van der Waals surface area contributed by atoms with Crippen LogP contribution in [0, 0.1) is 10.1 Å². The fourth-order valence-electron chi connectivity index (χ4n) is 3.38. The summed E-state index contributed by atoms with van der Waals surface area (Å²) in [4.78, 5) is 15.2. The van der Waals surface area contributed by atoms with Crippen LogP contribution in [0.1, 0.15) is 19.3 Å². The molecular formula is C13H19N3O4S2. The monoisotopic (exact) mass is 345 g/mol. The van der Waals surface area contributed by atoms with E-state index in [0.29, 0.717) is 17.1 Å². The van der Waals surface area contributed by atoms with E-state index in [1.54, 1.807) is 0 Å². The zero-order valence-electron chi connectivity index (χ0n) is 12.6.